The van der Waals surface area contributed by atoms with Crippen molar-refractivity contribution in [1.29, 1.82) is 0 Å². The van der Waals surface area contributed by atoms with Crippen molar-refractivity contribution < 1.29 is 24.2 Å². The molecule has 1 saturated heterocycles. The second-order valence-electron chi connectivity index (χ2n) is 8.11. The highest BCUT2D eigenvalue weighted by Crippen LogP contribution is 2.28. The van der Waals surface area contributed by atoms with Crippen LogP contribution < -0.4 is 4.90 Å². The number of aromatic nitrogens is 1. The minimum atomic E-state index is -1.82. The molecule has 8 nitrogen and oxygen atoms in total. The number of benzene rings is 2. The van der Waals surface area contributed by atoms with Gasteiger partial charge in [0.25, 0.3) is 0 Å². The van der Waals surface area contributed by atoms with E-state index in [2.05, 4.69) is 64.2 Å². The van der Waals surface area contributed by atoms with E-state index in [9.17, 15) is 0 Å². The van der Waals surface area contributed by atoms with Crippen molar-refractivity contribution >= 4 is 39.5 Å². The highest BCUT2D eigenvalue weighted by atomic mass is 16.4. The third-order valence-electron chi connectivity index (χ3n) is 6.05. The number of piperazine rings is 1. The molecule has 2 aromatic heterocycles. The molecule has 8 heteroatoms. The lowest BCUT2D eigenvalue weighted by molar-refractivity contribution is -0.159. The van der Waals surface area contributed by atoms with Gasteiger partial charge in [-0.15, -0.1) is 0 Å². The van der Waals surface area contributed by atoms with Gasteiger partial charge in [-0.1, -0.05) is 18.2 Å². The van der Waals surface area contributed by atoms with E-state index in [-0.39, 0.29) is 0 Å². The van der Waals surface area contributed by atoms with Crippen molar-refractivity contribution in [3.05, 3.63) is 66.1 Å². The van der Waals surface area contributed by atoms with E-state index in [1.807, 2.05) is 12.5 Å². The Hall–Kier alpha value is -3.78. The van der Waals surface area contributed by atoms with Gasteiger partial charge in [0, 0.05) is 60.9 Å². The number of carboxylic acids is 2. The molecule has 0 amide bonds. The van der Waals surface area contributed by atoms with Crippen LogP contribution in [0.1, 0.15) is 11.1 Å². The molecule has 0 unspecified atom stereocenters. The first-order valence-corrected chi connectivity index (χ1v) is 10.9. The maximum Gasteiger partial charge on any atom is 0.414 e. The number of nitrogens with zero attached hydrogens (tertiary/aromatic N) is 2. The summed E-state index contributed by atoms with van der Waals surface area (Å²) >= 11 is 0. The predicted molar refractivity (Wildman–Crippen MR) is 127 cm³/mol. The highest BCUT2D eigenvalue weighted by molar-refractivity contribution is 6.27. The first kappa shape index (κ1) is 22.4. The molecule has 0 saturated carbocycles. The van der Waals surface area contributed by atoms with Crippen LogP contribution in [0.25, 0.3) is 21.9 Å². The number of anilines is 1. The van der Waals surface area contributed by atoms with Gasteiger partial charge in [-0.3, -0.25) is 4.90 Å². The van der Waals surface area contributed by atoms with Gasteiger partial charge in [0.15, 0.2) is 0 Å². The number of carboxylic acid groups (broad SMARTS) is 2. The molecule has 3 N–H and O–H groups in total. The largest absolute Gasteiger partial charge is 0.473 e. The summed E-state index contributed by atoms with van der Waals surface area (Å²) in [5.41, 5.74) is 6.22. The number of aryl methyl sites for hydroxylation is 1. The third kappa shape index (κ3) is 5.01. The van der Waals surface area contributed by atoms with E-state index in [4.69, 9.17) is 24.2 Å². The van der Waals surface area contributed by atoms with Crippen molar-refractivity contribution in [2.24, 2.45) is 0 Å². The molecular formula is C25H27N3O5. The highest BCUT2D eigenvalue weighted by Gasteiger charge is 2.19. The Morgan fingerprint density at radius 3 is 2.45 bits per heavy atom. The van der Waals surface area contributed by atoms with Crippen molar-refractivity contribution in [1.82, 2.24) is 9.88 Å². The van der Waals surface area contributed by atoms with Gasteiger partial charge < -0.3 is 24.5 Å². The summed E-state index contributed by atoms with van der Waals surface area (Å²) in [4.78, 5) is 26.6. The lowest BCUT2D eigenvalue weighted by Crippen LogP contribution is -2.47. The molecule has 0 aliphatic carbocycles. The summed E-state index contributed by atoms with van der Waals surface area (Å²) < 4.78 is 5.75. The fraction of sp³-hybridized carbons (Fsp3) is 0.280. The zero-order valence-corrected chi connectivity index (χ0v) is 18.5. The molecule has 33 heavy (non-hydrogen) atoms. The number of carbonyl (C=O) groups is 2. The average molecular weight is 450 g/mol. The van der Waals surface area contributed by atoms with Crippen molar-refractivity contribution in [3.8, 4) is 0 Å². The molecule has 4 aromatic rings. The first-order chi connectivity index (χ1) is 15.9. The number of fused-ring (bicyclic) bond motifs is 2. The topological polar surface area (TPSA) is 110 Å². The molecule has 1 aliphatic rings. The van der Waals surface area contributed by atoms with Crippen LogP contribution in [0.3, 0.4) is 0 Å². The lowest BCUT2D eigenvalue weighted by atomic mass is 10.1. The smallest absolute Gasteiger partial charge is 0.414 e. The second-order valence-corrected chi connectivity index (χ2v) is 8.11. The van der Waals surface area contributed by atoms with Crippen molar-refractivity contribution in [2.75, 3.05) is 37.6 Å². The molecular weight excluding hydrogens is 422 g/mol. The summed E-state index contributed by atoms with van der Waals surface area (Å²) in [6, 6.07) is 15.0. The predicted octanol–water partition coefficient (Wildman–Crippen LogP) is 3.74. The van der Waals surface area contributed by atoms with E-state index in [0.717, 1.165) is 44.7 Å². The van der Waals surface area contributed by atoms with Gasteiger partial charge in [0.1, 0.15) is 5.58 Å². The molecule has 0 bridgehead atoms. The van der Waals surface area contributed by atoms with Crippen LogP contribution in [0.4, 0.5) is 5.69 Å². The Morgan fingerprint density at radius 1 is 1.00 bits per heavy atom. The maximum absolute atomic E-state index is 9.10. The fourth-order valence-electron chi connectivity index (χ4n) is 4.36. The van der Waals surface area contributed by atoms with Gasteiger partial charge in [0.05, 0.1) is 6.26 Å². The Balaban J connectivity index is 0.000000385. The van der Waals surface area contributed by atoms with Crippen molar-refractivity contribution in [2.45, 2.75) is 13.3 Å². The Labute approximate surface area is 191 Å². The summed E-state index contributed by atoms with van der Waals surface area (Å²) in [6.45, 7) is 7.63. The van der Waals surface area contributed by atoms with E-state index in [1.165, 1.54) is 33.1 Å². The standard InChI is InChI=1S/C23H25N3O.C2H2O4/c1-17-4-2-7-22-23(17)18(16-27-22)9-11-25-12-14-26(15-13-25)21-6-3-5-20-19(21)8-10-24-20;3-1(4)2(5)6/h2-8,10,16,24H,9,11-15H2,1H3;(H,3,4)(H,5,6). The van der Waals surface area contributed by atoms with Crippen LogP contribution in [-0.2, 0) is 16.0 Å². The zero-order chi connectivity index (χ0) is 23.4. The van der Waals surface area contributed by atoms with Gasteiger partial charge >= 0.3 is 11.9 Å². The molecule has 2 aromatic carbocycles. The van der Waals surface area contributed by atoms with E-state index < -0.39 is 11.9 Å². The number of nitrogens with one attached hydrogen (secondary N) is 1. The van der Waals surface area contributed by atoms with Crippen LogP contribution >= 0.6 is 0 Å². The molecule has 0 atom stereocenters. The molecule has 1 fully saturated rings. The summed E-state index contributed by atoms with van der Waals surface area (Å²) in [5, 5.41) is 17.4. The molecule has 0 spiro atoms. The minimum absolute atomic E-state index is 1.01. The van der Waals surface area contributed by atoms with Crippen LogP contribution in [0.5, 0.6) is 0 Å². The quantitative estimate of drug-likeness (QED) is 0.407. The Morgan fingerprint density at radius 2 is 1.73 bits per heavy atom. The minimum Gasteiger partial charge on any atom is -0.473 e. The average Bonchev–Trinajstić information content (AvgIpc) is 3.46. The van der Waals surface area contributed by atoms with Gasteiger partial charge in [-0.25, -0.2) is 9.59 Å². The van der Waals surface area contributed by atoms with E-state index >= 15 is 0 Å². The summed E-state index contributed by atoms with van der Waals surface area (Å²) in [6.07, 6.45) is 5.02. The number of aromatic amines is 1. The Bertz CT molecular complexity index is 1260. The summed E-state index contributed by atoms with van der Waals surface area (Å²) in [7, 11) is 0. The van der Waals surface area contributed by atoms with E-state index in [1.54, 1.807) is 0 Å². The fourth-order valence-corrected chi connectivity index (χ4v) is 4.36. The third-order valence-corrected chi connectivity index (χ3v) is 6.05. The van der Waals surface area contributed by atoms with Crippen LogP contribution in [0.2, 0.25) is 0 Å². The number of hydrogen-bond donors (Lipinski definition) is 3. The normalized spacial score (nSPS) is 14.3. The van der Waals surface area contributed by atoms with Gasteiger partial charge in [-0.2, -0.15) is 0 Å². The van der Waals surface area contributed by atoms with Crippen molar-refractivity contribution in [3.63, 3.8) is 0 Å². The zero-order valence-electron chi connectivity index (χ0n) is 18.5. The first-order valence-electron chi connectivity index (χ1n) is 10.9. The lowest BCUT2D eigenvalue weighted by Gasteiger charge is -2.36. The monoisotopic (exact) mass is 449 g/mol. The molecule has 5 rings (SSSR count). The maximum atomic E-state index is 9.10. The summed E-state index contributed by atoms with van der Waals surface area (Å²) in [5.74, 6) is -3.65. The number of rotatable bonds is 4. The van der Waals surface area contributed by atoms with Crippen LogP contribution in [0.15, 0.2) is 59.3 Å². The number of furan rings is 1. The SMILES string of the molecule is Cc1cccc2occ(CCN3CCN(c4cccc5[nH]ccc45)CC3)c12.O=C(O)C(=O)O. The number of hydrogen-bond acceptors (Lipinski definition) is 5. The van der Waals surface area contributed by atoms with E-state index in [0.29, 0.717) is 0 Å². The number of aliphatic carboxylic acids is 2. The van der Waals surface area contributed by atoms with Gasteiger partial charge in [-0.05, 0) is 48.7 Å². The second kappa shape index (κ2) is 9.79. The number of H-pyrrole nitrogens is 1. The molecule has 0 radical (unpaired) electrons. The Kier molecular flexibility index (Phi) is 6.65. The molecule has 3 heterocycles. The van der Waals surface area contributed by atoms with Crippen LogP contribution in [0, 0.1) is 6.92 Å². The molecule has 172 valence electrons. The molecule has 1 aliphatic heterocycles. The van der Waals surface area contributed by atoms with Crippen LogP contribution in [-0.4, -0.2) is 64.8 Å². The van der Waals surface area contributed by atoms with Gasteiger partial charge in [0.2, 0.25) is 0 Å².